The van der Waals surface area contributed by atoms with Gasteiger partial charge in [0, 0.05) is 36.8 Å². The molecular formula is C28H35N5O2S. The van der Waals surface area contributed by atoms with Crippen molar-refractivity contribution in [1.82, 2.24) is 19.9 Å². The van der Waals surface area contributed by atoms with Gasteiger partial charge >= 0.3 is 6.09 Å². The summed E-state index contributed by atoms with van der Waals surface area (Å²) >= 11 is 1.73. The third kappa shape index (κ3) is 5.69. The average Bonchev–Trinajstić information content (AvgIpc) is 3.35. The van der Waals surface area contributed by atoms with Crippen LogP contribution in [-0.4, -0.2) is 51.7 Å². The molecule has 0 radical (unpaired) electrons. The first-order valence-corrected chi connectivity index (χ1v) is 14.0. The van der Waals surface area contributed by atoms with Crippen LogP contribution in [0.4, 0.5) is 10.7 Å². The Kier molecular flexibility index (Phi) is 7.80. The fourth-order valence-electron chi connectivity index (χ4n) is 5.18. The topological polar surface area (TPSA) is 80.2 Å². The third-order valence-corrected chi connectivity index (χ3v) is 8.37. The maximum absolute atomic E-state index is 12.1. The number of nitrogens with one attached hydrogen (secondary N) is 1. The monoisotopic (exact) mass is 505 g/mol. The molecule has 2 aromatic heterocycles. The summed E-state index contributed by atoms with van der Waals surface area (Å²) in [6.45, 7) is 5.75. The molecule has 5 rings (SSSR count). The Morgan fingerprint density at radius 1 is 1.11 bits per heavy atom. The largest absolute Gasteiger partial charge is 0.450 e. The lowest BCUT2D eigenvalue weighted by molar-refractivity contribution is 0.0970. The molecule has 190 valence electrons. The number of likely N-dealkylation sites (tertiary alicyclic amines) is 1. The van der Waals surface area contributed by atoms with E-state index in [0.29, 0.717) is 37.6 Å². The Morgan fingerprint density at radius 3 is 2.67 bits per heavy atom. The number of nitrogens with zero attached hydrogens (tertiary/aromatic N) is 4. The lowest BCUT2D eigenvalue weighted by atomic mass is 9.96. The van der Waals surface area contributed by atoms with Crippen LogP contribution in [-0.2, 0) is 4.74 Å². The lowest BCUT2D eigenvalue weighted by Gasteiger charge is -2.30. The highest BCUT2D eigenvalue weighted by atomic mass is 32.1. The Morgan fingerprint density at radius 2 is 1.92 bits per heavy atom. The summed E-state index contributed by atoms with van der Waals surface area (Å²) in [5, 5.41) is 4.68. The molecule has 1 aliphatic heterocycles. The highest BCUT2D eigenvalue weighted by Gasteiger charge is 2.28. The van der Waals surface area contributed by atoms with Crippen molar-refractivity contribution in [2.75, 3.05) is 25.0 Å². The molecular weight excluding hydrogens is 470 g/mol. The summed E-state index contributed by atoms with van der Waals surface area (Å²) < 4.78 is 5.19. The normalized spacial score (nSPS) is 17.2. The lowest BCUT2D eigenvalue weighted by Crippen LogP contribution is -2.38. The highest BCUT2D eigenvalue weighted by molar-refractivity contribution is 7.15. The number of thiazole rings is 1. The van der Waals surface area contributed by atoms with Gasteiger partial charge in [0.25, 0.3) is 0 Å². The van der Waals surface area contributed by atoms with E-state index in [1.165, 1.54) is 37.7 Å². The number of benzene rings is 1. The number of rotatable bonds is 6. The van der Waals surface area contributed by atoms with Crippen LogP contribution in [0.1, 0.15) is 68.4 Å². The number of aryl methyl sites for hydroxylation is 1. The van der Waals surface area contributed by atoms with E-state index in [1.807, 2.05) is 24.1 Å². The number of carbonyl (C=O) groups excluding carboxylic acids is 1. The molecule has 3 heterocycles. The van der Waals surface area contributed by atoms with Crippen molar-refractivity contribution < 1.29 is 9.53 Å². The number of anilines is 1. The molecule has 1 aromatic carbocycles. The maximum Gasteiger partial charge on any atom is 0.409 e. The van der Waals surface area contributed by atoms with Crippen LogP contribution in [0.3, 0.4) is 0 Å². The van der Waals surface area contributed by atoms with Crippen molar-refractivity contribution in [3.63, 3.8) is 0 Å². The first-order valence-electron chi connectivity index (χ1n) is 13.2. The van der Waals surface area contributed by atoms with Crippen LogP contribution < -0.4 is 5.32 Å². The number of aromatic nitrogens is 3. The van der Waals surface area contributed by atoms with Gasteiger partial charge in [-0.3, -0.25) is 0 Å². The van der Waals surface area contributed by atoms with Gasteiger partial charge in [0.05, 0.1) is 27.9 Å². The van der Waals surface area contributed by atoms with Crippen LogP contribution in [0, 0.1) is 6.92 Å². The second kappa shape index (κ2) is 11.4. The number of carbonyl (C=O) groups is 1. The van der Waals surface area contributed by atoms with Gasteiger partial charge in [-0.1, -0.05) is 43.0 Å². The van der Waals surface area contributed by atoms with E-state index in [-0.39, 0.29) is 6.09 Å². The smallest absolute Gasteiger partial charge is 0.409 e. The minimum Gasteiger partial charge on any atom is -0.450 e. The number of hydrogen-bond acceptors (Lipinski definition) is 7. The fourth-order valence-corrected chi connectivity index (χ4v) is 6.41. The molecule has 0 spiro atoms. The predicted molar refractivity (Wildman–Crippen MR) is 144 cm³/mol. The van der Waals surface area contributed by atoms with E-state index >= 15 is 0 Å². The zero-order chi connectivity index (χ0) is 24.9. The first kappa shape index (κ1) is 24.7. The maximum atomic E-state index is 12.1. The van der Waals surface area contributed by atoms with Gasteiger partial charge in [-0.2, -0.15) is 0 Å². The van der Waals surface area contributed by atoms with E-state index in [1.54, 1.807) is 11.3 Å². The SMILES string of the molecule is CCOC(=O)N1CCC(c2nc(-c3cccc(C)c3)c(-c3ccnc(NC4CCCCC4)n3)s2)CC1. The van der Waals surface area contributed by atoms with Gasteiger partial charge in [0.1, 0.15) is 0 Å². The summed E-state index contributed by atoms with van der Waals surface area (Å²) in [5.41, 5.74) is 4.20. The van der Waals surface area contributed by atoms with Crippen LogP contribution in [0.2, 0.25) is 0 Å². The van der Waals surface area contributed by atoms with Gasteiger partial charge < -0.3 is 15.0 Å². The van der Waals surface area contributed by atoms with Gasteiger partial charge in [-0.05, 0) is 51.7 Å². The average molecular weight is 506 g/mol. The molecule has 1 saturated heterocycles. The van der Waals surface area contributed by atoms with Crippen LogP contribution in [0.15, 0.2) is 36.5 Å². The van der Waals surface area contributed by atoms with E-state index in [2.05, 4.69) is 41.5 Å². The van der Waals surface area contributed by atoms with E-state index in [4.69, 9.17) is 14.7 Å². The molecule has 0 atom stereocenters. The number of hydrogen-bond donors (Lipinski definition) is 1. The summed E-state index contributed by atoms with van der Waals surface area (Å²) in [4.78, 5) is 29.7. The summed E-state index contributed by atoms with van der Waals surface area (Å²) in [6, 6.07) is 11.0. The van der Waals surface area contributed by atoms with Crippen molar-refractivity contribution in [2.45, 2.75) is 70.8 Å². The molecule has 36 heavy (non-hydrogen) atoms. The van der Waals surface area contributed by atoms with Crippen LogP contribution in [0.25, 0.3) is 21.8 Å². The number of amides is 1. The second-order valence-electron chi connectivity index (χ2n) is 9.80. The van der Waals surface area contributed by atoms with Gasteiger partial charge in [-0.25, -0.2) is 19.7 Å². The Hall–Kier alpha value is -3.00. The van der Waals surface area contributed by atoms with Gasteiger partial charge in [0.15, 0.2) is 0 Å². The predicted octanol–water partition coefficient (Wildman–Crippen LogP) is 6.66. The van der Waals surface area contributed by atoms with Crippen molar-refractivity contribution >= 4 is 23.4 Å². The number of ether oxygens (including phenoxy) is 1. The molecule has 1 aliphatic carbocycles. The standard InChI is InChI=1S/C28H35N5O2S/c1-3-35-28(34)33-16-13-20(14-17-33)26-32-24(21-9-7-8-19(2)18-21)25(36-26)23-12-15-29-27(31-23)30-22-10-5-4-6-11-22/h7-9,12,15,18,20,22H,3-6,10-11,13-14,16-17H2,1-2H3,(H,29,30,31). The summed E-state index contributed by atoms with van der Waals surface area (Å²) in [5.74, 6) is 1.02. The van der Waals surface area contributed by atoms with Crippen LogP contribution in [0.5, 0.6) is 0 Å². The molecule has 8 heteroatoms. The number of piperidine rings is 1. The Balaban J connectivity index is 1.43. The third-order valence-electron chi connectivity index (χ3n) is 7.13. The fraction of sp³-hybridized carbons (Fsp3) is 0.500. The van der Waals surface area contributed by atoms with E-state index < -0.39 is 0 Å². The van der Waals surface area contributed by atoms with E-state index in [9.17, 15) is 4.79 Å². The highest BCUT2D eigenvalue weighted by Crippen LogP contribution is 2.41. The van der Waals surface area contributed by atoms with Gasteiger partial charge in [-0.15, -0.1) is 11.3 Å². The minimum atomic E-state index is -0.213. The van der Waals surface area contributed by atoms with Crippen molar-refractivity contribution in [2.24, 2.45) is 0 Å². The molecule has 7 nitrogen and oxygen atoms in total. The van der Waals surface area contributed by atoms with Crippen LogP contribution >= 0.6 is 11.3 Å². The molecule has 0 unspecified atom stereocenters. The molecule has 3 aromatic rings. The molecule has 1 N–H and O–H groups in total. The molecule has 1 amide bonds. The molecule has 0 bridgehead atoms. The minimum absolute atomic E-state index is 0.213. The van der Waals surface area contributed by atoms with Crippen molar-refractivity contribution in [3.8, 4) is 21.8 Å². The van der Waals surface area contributed by atoms with Crippen molar-refractivity contribution in [3.05, 3.63) is 47.1 Å². The second-order valence-corrected chi connectivity index (χ2v) is 10.8. The summed E-state index contributed by atoms with van der Waals surface area (Å²) in [7, 11) is 0. The zero-order valence-corrected chi connectivity index (χ0v) is 22.0. The zero-order valence-electron chi connectivity index (χ0n) is 21.2. The van der Waals surface area contributed by atoms with E-state index in [0.717, 1.165) is 39.7 Å². The quantitative estimate of drug-likeness (QED) is 0.404. The van der Waals surface area contributed by atoms with Gasteiger partial charge in [0.2, 0.25) is 5.95 Å². The molecule has 2 aliphatic rings. The molecule has 2 fully saturated rings. The Labute approximate surface area is 217 Å². The Bertz CT molecular complexity index is 1180. The first-order chi connectivity index (χ1) is 17.6. The van der Waals surface area contributed by atoms with Crippen molar-refractivity contribution in [1.29, 1.82) is 0 Å². The summed E-state index contributed by atoms with van der Waals surface area (Å²) in [6.07, 6.45) is 9.62. The molecule has 1 saturated carbocycles.